The summed E-state index contributed by atoms with van der Waals surface area (Å²) >= 11 is 0. The summed E-state index contributed by atoms with van der Waals surface area (Å²) in [7, 11) is 2.17. The Bertz CT molecular complexity index is 353. The van der Waals surface area contributed by atoms with E-state index in [1.54, 1.807) is 0 Å². The van der Waals surface area contributed by atoms with Gasteiger partial charge in [0.1, 0.15) is 5.75 Å². The van der Waals surface area contributed by atoms with Gasteiger partial charge in [-0.25, -0.2) is 0 Å². The normalized spacial score (nSPS) is 20.7. The Morgan fingerprint density at radius 2 is 2.17 bits per heavy atom. The number of benzene rings is 1. The van der Waals surface area contributed by atoms with Crippen LogP contribution >= 0.6 is 0 Å². The number of hydrogen-bond acceptors (Lipinski definition) is 4. The molecule has 18 heavy (non-hydrogen) atoms. The third-order valence-electron chi connectivity index (χ3n) is 3.18. The smallest absolute Gasteiger partial charge is 0.119 e. The van der Waals surface area contributed by atoms with Gasteiger partial charge in [0, 0.05) is 37.9 Å². The second-order valence-electron chi connectivity index (χ2n) is 4.75. The molecule has 0 radical (unpaired) electrons. The van der Waals surface area contributed by atoms with Gasteiger partial charge in [0.05, 0.1) is 6.61 Å². The van der Waals surface area contributed by atoms with Crippen LogP contribution in [0.2, 0.25) is 0 Å². The van der Waals surface area contributed by atoms with E-state index in [2.05, 4.69) is 34.7 Å². The molecule has 1 fully saturated rings. The minimum absolute atomic E-state index is 0.523. The van der Waals surface area contributed by atoms with Crippen LogP contribution in [-0.2, 0) is 0 Å². The minimum Gasteiger partial charge on any atom is -0.494 e. The average molecular weight is 249 g/mol. The predicted octanol–water partition coefficient (Wildman–Crippen LogP) is 1.40. The van der Waals surface area contributed by atoms with Gasteiger partial charge in [-0.05, 0) is 38.2 Å². The van der Waals surface area contributed by atoms with Crippen LogP contribution in [0.25, 0.3) is 0 Å². The van der Waals surface area contributed by atoms with Crippen molar-refractivity contribution >= 4 is 5.69 Å². The van der Waals surface area contributed by atoms with Gasteiger partial charge < -0.3 is 20.3 Å². The first-order valence-electron chi connectivity index (χ1n) is 6.66. The van der Waals surface area contributed by atoms with Gasteiger partial charge >= 0.3 is 0 Å². The van der Waals surface area contributed by atoms with Crippen molar-refractivity contribution in [2.75, 3.05) is 45.2 Å². The fraction of sp³-hybridized carbons (Fsp3) is 0.571. The summed E-state index contributed by atoms with van der Waals surface area (Å²) < 4.78 is 5.42. The van der Waals surface area contributed by atoms with E-state index in [1.165, 1.54) is 0 Å². The molecule has 1 aromatic carbocycles. The van der Waals surface area contributed by atoms with Gasteiger partial charge in [-0.15, -0.1) is 0 Å². The van der Waals surface area contributed by atoms with E-state index in [1.807, 2.05) is 19.1 Å². The Balaban J connectivity index is 1.78. The molecule has 0 bridgehead atoms. The van der Waals surface area contributed by atoms with Crippen LogP contribution in [0.5, 0.6) is 5.75 Å². The van der Waals surface area contributed by atoms with Crippen molar-refractivity contribution in [3.05, 3.63) is 24.3 Å². The molecule has 1 unspecified atom stereocenters. The van der Waals surface area contributed by atoms with Crippen molar-refractivity contribution in [3.8, 4) is 5.75 Å². The van der Waals surface area contributed by atoms with Crippen LogP contribution in [-0.4, -0.2) is 50.8 Å². The molecule has 100 valence electrons. The molecular weight excluding hydrogens is 226 g/mol. The number of piperazine rings is 1. The van der Waals surface area contributed by atoms with E-state index in [0.717, 1.165) is 37.6 Å². The molecule has 0 amide bonds. The molecule has 0 aliphatic carbocycles. The van der Waals surface area contributed by atoms with E-state index in [0.29, 0.717) is 12.6 Å². The van der Waals surface area contributed by atoms with Gasteiger partial charge in [-0.3, -0.25) is 0 Å². The number of ether oxygens (including phenoxy) is 1. The lowest BCUT2D eigenvalue weighted by molar-refractivity contribution is 0.244. The number of hydrogen-bond donors (Lipinski definition) is 2. The van der Waals surface area contributed by atoms with E-state index in [4.69, 9.17) is 4.74 Å². The quantitative estimate of drug-likeness (QED) is 0.827. The van der Waals surface area contributed by atoms with E-state index >= 15 is 0 Å². The molecule has 1 aliphatic rings. The highest BCUT2D eigenvalue weighted by atomic mass is 16.5. The monoisotopic (exact) mass is 249 g/mol. The Labute approximate surface area is 109 Å². The third kappa shape index (κ3) is 3.89. The van der Waals surface area contributed by atoms with E-state index in [9.17, 15) is 0 Å². The summed E-state index contributed by atoms with van der Waals surface area (Å²) in [6, 6.07) is 8.67. The molecular formula is C14H23N3O. The Hall–Kier alpha value is -1.26. The van der Waals surface area contributed by atoms with Crippen LogP contribution in [0.15, 0.2) is 24.3 Å². The highest BCUT2D eigenvalue weighted by molar-refractivity contribution is 5.46. The fourth-order valence-corrected chi connectivity index (χ4v) is 2.21. The first-order valence-corrected chi connectivity index (χ1v) is 6.66. The number of nitrogens with zero attached hydrogens (tertiary/aromatic N) is 1. The Morgan fingerprint density at radius 1 is 1.39 bits per heavy atom. The number of anilines is 1. The van der Waals surface area contributed by atoms with Gasteiger partial charge in [-0.1, -0.05) is 0 Å². The summed E-state index contributed by atoms with van der Waals surface area (Å²) in [6.07, 6.45) is 0. The highest BCUT2D eigenvalue weighted by Crippen LogP contribution is 2.15. The van der Waals surface area contributed by atoms with E-state index in [-0.39, 0.29) is 0 Å². The van der Waals surface area contributed by atoms with Crippen LogP contribution in [0, 0.1) is 0 Å². The van der Waals surface area contributed by atoms with Crippen molar-refractivity contribution in [1.82, 2.24) is 10.2 Å². The zero-order valence-corrected chi connectivity index (χ0v) is 11.3. The SMILES string of the molecule is CCOc1ccc(NCC2CN(C)CCN2)cc1. The van der Waals surface area contributed by atoms with Crippen LogP contribution in [0.1, 0.15) is 6.92 Å². The first-order chi connectivity index (χ1) is 8.78. The zero-order valence-electron chi connectivity index (χ0n) is 11.3. The second-order valence-corrected chi connectivity index (χ2v) is 4.75. The molecule has 2 rings (SSSR count). The molecule has 4 heteroatoms. The average Bonchev–Trinajstić information content (AvgIpc) is 2.38. The van der Waals surface area contributed by atoms with Gasteiger partial charge in [-0.2, -0.15) is 0 Å². The number of nitrogens with one attached hydrogen (secondary N) is 2. The molecule has 0 spiro atoms. The summed E-state index contributed by atoms with van der Waals surface area (Å²) in [5.41, 5.74) is 1.15. The van der Waals surface area contributed by atoms with Crippen LogP contribution < -0.4 is 15.4 Å². The van der Waals surface area contributed by atoms with Crippen molar-refractivity contribution < 1.29 is 4.74 Å². The first kappa shape index (κ1) is 13.2. The van der Waals surface area contributed by atoms with Gasteiger partial charge in [0.15, 0.2) is 0 Å². The lowest BCUT2D eigenvalue weighted by Crippen LogP contribution is -2.51. The maximum atomic E-state index is 5.42. The Kier molecular flexibility index (Phi) is 4.84. The van der Waals surface area contributed by atoms with Gasteiger partial charge in [0.25, 0.3) is 0 Å². The van der Waals surface area contributed by atoms with Gasteiger partial charge in [0.2, 0.25) is 0 Å². The van der Waals surface area contributed by atoms with Crippen LogP contribution in [0.4, 0.5) is 5.69 Å². The molecule has 4 nitrogen and oxygen atoms in total. The number of rotatable bonds is 5. The van der Waals surface area contributed by atoms with Crippen molar-refractivity contribution in [2.45, 2.75) is 13.0 Å². The molecule has 0 aromatic heterocycles. The molecule has 0 saturated carbocycles. The number of likely N-dealkylation sites (N-methyl/N-ethyl adjacent to an activating group) is 1. The molecule has 1 aliphatic heterocycles. The third-order valence-corrected chi connectivity index (χ3v) is 3.18. The second kappa shape index (κ2) is 6.61. The molecule has 1 heterocycles. The summed E-state index contributed by atoms with van der Waals surface area (Å²) in [5.74, 6) is 0.929. The lowest BCUT2D eigenvalue weighted by atomic mass is 10.2. The minimum atomic E-state index is 0.523. The van der Waals surface area contributed by atoms with Crippen LogP contribution in [0.3, 0.4) is 0 Å². The predicted molar refractivity (Wildman–Crippen MR) is 75.4 cm³/mol. The summed E-state index contributed by atoms with van der Waals surface area (Å²) in [6.45, 7) is 6.98. The molecule has 1 saturated heterocycles. The fourth-order valence-electron chi connectivity index (χ4n) is 2.21. The lowest BCUT2D eigenvalue weighted by Gasteiger charge is -2.31. The van der Waals surface area contributed by atoms with E-state index < -0.39 is 0 Å². The maximum Gasteiger partial charge on any atom is 0.119 e. The topological polar surface area (TPSA) is 36.5 Å². The Morgan fingerprint density at radius 3 is 2.83 bits per heavy atom. The standard InChI is InChI=1S/C14H23N3O/c1-3-18-14-6-4-12(5-7-14)16-10-13-11-17(2)9-8-15-13/h4-7,13,15-16H,3,8-11H2,1-2H3. The highest BCUT2D eigenvalue weighted by Gasteiger charge is 2.15. The maximum absolute atomic E-state index is 5.42. The zero-order chi connectivity index (χ0) is 12.8. The van der Waals surface area contributed by atoms with Crippen molar-refractivity contribution in [1.29, 1.82) is 0 Å². The summed E-state index contributed by atoms with van der Waals surface area (Å²) in [5, 5.41) is 6.98. The molecule has 1 aromatic rings. The largest absolute Gasteiger partial charge is 0.494 e. The molecule has 2 N–H and O–H groups in total. The molecule has 1 atom stereocenters. The van der Waals surface area contributed by atoms with Crippen molar-refractivity contribution in [3.63, 3.8) is 0 Å². The summed E-state index contributed by atoms with van der Waals surface area (Å²) in [4.78, 5) is 2.36. The van der Waals surface area contributed by atoms with Crippen molar-refractivity contribution in [2.24, 2.45) is 0 Å².